The van der Waals surface area contributed by atoms with Gasteiger partial charge in [-0.1, -0.05) is 25.1 Å². The summed E-state index contributed by atoms with van der Waals surface area (Å²) in [5.74, 6) is -0.491. The number of anilines is 2. The fourth-order valence-corrected chi connectivity index (χ4v) is 5.34. The highest BCUT2D eigenvalue weighted by molar-refractivity contribution is 7.15. The van der Waals surface area contributed by atoms with Crippen molar-refractivity contribution < 1.29 is 14.4 Å². The van der Waals surface area contributed by atoms with Crippen molar-refractivity contribution >= 4 is 39.9 Å². The first-order valence-corrected chi connectivity index (χ1v) is 11.1. The smallest absolute Gasteiger partial charge is 0.266 e. The second kappa shape index (κ2) is 7.42. The van der Waals surface area contributed by atoms with Crippen molar-refractivity contribution in [3.05, 3.63) is 75.3 Å². The van der Waals surface area contributed by atoms with Crippen LogP contribution in [0.2, 0.25) is 0 Å². The zero-order valence-corrected chi connectivity index (χ0v) is 18.1. The number of carbonyl (C=O) groups is 3. The summed E-state index contributed by atoms with van der Waals surface area (Å²) < 4.78 is 0. The number of amides is 3. The molecule has 156 valence electrons. The Balaban J connectivity index is 1.40. The zero-order valence-electron chi connectivity index (χ0n) is 17.3. The topological polar surface area (TPSA) is 79.4 Å². The number of thiazole rings is 1. The molecule has 0 radical (unpaired) electrons. The van der Waals surface area contributed by atoms with Gasteiger partial charge in [-0.3, -0.25) is 19.7 Å². The van der Waals surface area contributed by atoms with E-state index in [1.807, 2.05) is 19.1 Å². The van der Waals surface area contributed by atoms with Gasteiger partial charge in [0.25, 0.3) is 17.7 Å². The van der Waals surface area contributed by atoms with Gasteiger partial charge in [0.05, 0.1) is 22.5 Å². The maximum atomic E-state index is 13.0. The van der Waals surface area contributed by atoms with Crippen molar-refractivity contribution in [1.82, 2.24) is 4.98 Å². The molecule has 1 aliphatic carbocycles. The predicted molar refractivity (Wildman–Crippen MR) is 120 cm³/mol. The number of aryl methyl sites for hydroxylation is 2. The molecule has 1 atom stereocenters. The number of carbonyl (C=O) groups excluding carboxylic acids is 3. The minimum Gasteiger partial charge on any atom is -0.298 e. The molecule has 2 heterocycles. The van der Waals surface area contributed by atoms with Crippen LogP contribution in [-0.4, -0.2) is 22.7 Å². The molecule has 0 bridgehead atoms. The second-order valence-electron chi connectivity index (χ2n) is 8.18. The molecule has 5 rings (SSSR count). The molecule has 2 aliphatic rings. The van der Waals surface area contributed by atoms with Crippen LogP contribution in [0.25, 0.3) is 0 Å². The number of aromatic nitrogens is 1. The molecule has 0 saturated heterocycles. The molecule has 3 aromatic rings. The standard InChI is InChI=1S/C24H21N3O3S/c1-13-7-10-18-20(11-13)31-24(25-18)26-21(28)15-8-9-16-17(12-15)23(30)27(22(16)29)19-6-4-3-5-14(19)2/h3-6,8-9,12-13H,7,10-11H2,1-2H3,(H,25,26,28). The number of rotatable bonds is 3. The Hall–Kier alpha value is -3.32. The van der Waals surface area contributed by atoms with E-state index in [1.54, 1.807) is 24.3 Å². The van der Waals surface area contributed by atoms with Crippen molar-refractivity contribution in [3.8, 4) is 0 Å². The summed E-state index contributed by atoms with van der Waals surface area (Å²) in [6, 6.07) is 11.9. The molecule has 7 heteroatoms. The van der Waals surface area contributed by atoms with Gasteiger partial charge in [0.15, 0.2) is 5.13 Å². The van der Waals surface area contributed by atoms with E-state index in [4.69, 9.17) is 0 Å². The average molecular weight is 432 g/mol. The number of nitrogens with zero attached hydrogens (tertiary/aromatic N) is 2. The van der Waals surface area contributed by atoms with Crippen molar-refractivity contribution in [2.45, 2.75) is 33.1 Å². The lowest BCUT2D eigenvalue weighted by molar-refractivity contribution is 0.0925. The first-order valence-electron chi connectivity index (χ1n) is 10.3. The SMILES string of the molecule is Cc1ccccc1N1C(=O)c2ccc(C(=O)Nc3nc4c(s3)CC(C)CC4)cc2C1=O. The third-order valence-corrected chi connectivity index (χ3v) is 6.95. The molecule has 1 unspecified atom stereocenters. The number of nitrogens with one attached hydrogen (secondary N) is 1. The molecule has 0 spiro atoms. The summed E-state index contributed by atoms with van der Waals surface area (Å²) in [7, 11) is 0. The average Bonchev–Trinajstić information content (AvgIpc) is 3.26. The van der Waals surface area contributed by atoms with Gasteiger partial charge in [-0.15, -0.1) is 11.3 Å². The zero-order chi connectivity index (χ0) is 21.7. The van der Waals surface area contributed by atoms with Crippen LogP contribution in [0.4, 0.5) is 10.8 Å². The third kappa shape index (κ3) is 3.35. The fraction of sp³-hybridized carbons (Fsp3) is 0.250. The van der Waals surface area contributed by atoms with Crippen molar-refractivity contribution in [2.75, 3.05) is 10.2 Å². The Labute approximate surface area is 183 Å². The van der Waals surface area contributed by atoms with Gasteiger partial charge in [-0.2, -0.15) is 0 Å². The molecule has 1 aliphatic heterocycles. The maximum Gasteiger partial charge on any atom is 0.266 e. The molecule has 0 saturated carbocycles. The minimum atomic E-state index is -0.414. The summed E-state index contributed by atoms with van der Waals surface area (Å²) in [5.41, 5.74) is 3.34. The number of para-hydroxylation sites is 1. The Bertz CT molecular complexity index is 1250. The summed E-state index contributed by atoms with van der Waals surface area (Å²) >= 11 is 1.52. The molecule has 1 aromatic heterocycles. The van der Waals surface area contributed by atoms with Crippen LogP contribution >= 0.6 is 11.3 Å². The second-order valence-corrected chi connectivity index (χ2v) is 9.27. The van der Waals surface area contributed by atoms with Crippen LogP contribution in [0.1, 0.15) is 60.6 Å². The molecule has 6 nitrogen and oxygen atoms in total. The lowest BCUT2D eigenvalue weighted by Gasteiger charge is -2.16. The van der Waals surface area contributed by atoms with Crippen LogP contribution in [0.15, 0.2) is 42.5 Å². The van der Waals surface area contributed by atoms with Gasteiger partial charge in [0.1, 0.15) is 0 Å². The normalized spacial score (nSPS) is 17.5. The summed E-state index contributed by atoms with van der Waals surface area (Å²) in [5, 5.41) is 3.44. The largest absolute Gasteiger partial charge is 0.298 e. The molecule has 3 amide bonds. The van der Waals surface area contributed by atoms with E-state index in [-0.39, 0.29) is 17.4 Å². The van der Waals surface area contributed by atoms with Crippen LogP contribution in [-0.2, 0) is 12.8 Å². The van der Waals surface area contributed by atoms with Gasteiger partial charge >= 0.3 is 0 Å². The van der Waals surface area contributed by atoms with E-state index in [2.05, 4.69) is 17.2 Å². The highest BCUT2D eigenvalue weighted by Crippen LogP contribution is 2.33. The minimum absolute atomic E-state index is 0.244. The van der Waals surface area contributed by atoms with Crippen LogP contribution in [0.3, 0.4) is 0 Å². The van der Waals surface area contributed by atoms with Crippen LogP contribution < -0.4 is 10.2 Å². The van der Waals surface area contributed by atoms with Crippen molar-refractivity contribution in [1.29, 1.82) is 0 Å². The Morgan fingerprint density at radius 2 is 1.90 bits per heavy atom. The van der Waals surface area contributed by atoms with Crippen molar-refractivity contribution in [2.24, 2.45) is 5.92 Å². The quantitative estimate of drug-likeness (QED) is 0.613. The fourth-order valence-electron chi connectivity index (χ4n) is 4.18. The maximum absolute atomic E-state index is 13.0. The van der Waals surface area contributed by atoms with E-state index >= 15 is 0 Å². The number of hydrogen-bond acceptors (Lipinski definition) is 5. The van der Waals surface area contributed by atoms with E-state index in [0.717, 1.165) is 30.5 Å². The first-order chi connectivity index (χ1) is 14.9. The van der Waals surface area contributed by atoms with Gasteiger partial charge in [-0.05, 0) is 61.9 Å². The van der Waals surface area contributed by atoms with E-state index < -0.39 is 5.91 Å². The highest BCUT2D eigenvalue weighted by atomic mass is 32.1. The number of fused-ring (bicyclic) bond motifs is 2. The number of hydrogen-bond donors (Lipinski definition) is 1. The van der Waals surface area contributed by atoms with Crippen LogP contribution in [0.5, 0.6) is 0 Å². The molecule has 2 aromatic carbocycles. The monoisotopic (exact) mass is 431 g/mol. The van der Waals surface area contributed by atoms with Gasteiger partial charge < -0.3 is 0 Å². The lowest BCUT2D eigenvalue weighted by atomic mass is 9.93. The Kier molecular flexibility index (Phi) is 4.70. The van der Waals surface area contributed by atoms with Gasteiger partial charge in [0, 0.05) is 10.4 Å². The lowest BCUT2D eigenvalue weighted by Crippen LogP contribution is -2.29. The van der Waals surface area contributed by atoms with Crippen molar-refractivity contribution in [3.63, 3.8) is 0 Å². The van der Waals surface area contributed by atoms with E-state index in [1.165, 1.54) is 27.2 Å². The molecule has 0 fully saturated rings. The molecule has 1 N–H and O–H groups in total. The number of imide groups is 1. The summed E-state index contributed by atoms with van der Waals surface area (Å²) in [6.07, 6.45) is 3.04. The predicted octanol–water partition coefficient (Wildman–Crippen LogP) is 4.63. The molecule has 31 heavy (non-hydrogen) atoms. The number of benzene rings is 2. The third-order valence-electron chi connectivity index (χ3n) is 5.91. The van der Waals surface area contributed by atoms with Crippen LogP contribution in [0, 0.1) is 12.8 Å². The summed E-state index contributed by atoms with van der Waals surface area (Å²) in [6.45, 7) is 4.08. The Morgan fingerprint density at radius 1 is 1.13 bits per heavy atom. The molecular weight excluding hydrogens is 410 g/mol. The first kappa shape index (κ1) is 19.6. The van der Waals surface area contributed by atoms with Gasteiger partial charge in [-0.25, -0.2) is 9.88 Å². The van der Waals surface area contributed by atoms with E-state index in [9.17, 15) is 14.4 Å². The Morgan fingerprint density at radius 3 is 2.71 bits per heavy atom. The van der Waals surface area contributed by atoms with Gasteiger partial charge in [0.2, 0.25) is 0 Å². The molecular formula is C24H21N3O3S. The van der Waals surface area contributed by atoms with E-state index in [0.29, 0.717) is 27.9 Å². The highest BCUT2D eigenvalue weighted by Gasteiger charge is 2.37. The summed E-state index contributed by atoms with van der Waals surface area (Å²) in [4.78, 5) is 45.7.